The Bertz CT molecular complexity index is 607. The van der Waals surface area contributed by atoms with E-state index in [0.717, 1.165) is 6.07 Å². The number of carboxylic acid groups (broad SMARTS) is 1. The van der Waals surface area contributed by atoms with Gasteiger partial charge >= 0.3 is 11.9 Å². The van der Waals surface area contributed by atoms with Crippen LogP contribution in [-0.2, 0) is 10.7 Å². The number of carbonyl (C=O) groups is 1. The van der Waals surface area contributed by atoms with Gasteiger partial charge in [0.15, 0.2) is 5.76 Å². The maximum absolute atomic E-state index is 13.2. The van der Waals surface area contributed by atoms with Crippen LogP contribution in [-0.4, -0.2) is 11.1 Å². The summed E-state index contributed by atoms with van der Waals surface area (Å²) in [6.45, 7) is 0. The van der Waals surface area contributed by atoms with E-state index in [0.29, 0.717) is 0 Å². The zero-order chi connectivity index (χ0) is 12.8. The van der Waals surface area contributed by atoms with Gasteiger partial charge < -0.3 is 9.52 Å². The Morgan fingerprint density at radius 1 is 1.35 bits per heavy atom. The topological polar surface area (TPSA) is 50.4 Å². The number of halogens is 4. The van der Waals surface area contributed by atoms with Crippen LogP contribution in [0.4, 0.5) is 8.78 Å². The maximum Gasteiger partial charge on any atom is 0.399 e. The molecule has 0 fully saturated rings. The molecule has 1 heterocycles. The third-order valence-electron chi connectivity index (χ3n) is 2.17. The lowest BCUT2D eigenvalue weighted by Crippen LogP contribution is -2.24. The smallest absolute Gasteiger partial charge is 0.399 e. The summed E-state index contributed by atoms with van der Waals surface area (Å²) in [6.07, 6.45) is 0. The minimum absolute atomic E-state index is 0.0420. The summed E-state index contributed by atoms with van der Waals surface area (Å²) < 4.78 is 31.1. The first-order valence-electron chi connectivity index (χ1n) is 4.33. The number of furan rings is 1. The van der Waals surface area contributed by atoms with Gasteiger partial charge in [0.25, 0.3) is 0 Å². The Hall–Kier alpha value is -1.33. The standard InChI is InChI=1S/C10H4Cl2F2O3/c11-5-1-2-6-4(8(5)12)3-7(17-6)10(13,14)9(15)16/h1-3H,(H,15,16). The van der Waals surface area contributed by atoms with Crippen molar-refractivity contribution < 1.29 is 23.1 Å². The van der Waals surface area contributed by atoms with E-state index in [2.05, 4.69) is 0 Å². The zero-order valence-corrected chi connectivity index (χ0v) is 9.52. The van der Waals surface area contributed by atoms with E-state index in [1.165, 1.54) is 12.1 Å². The predicted molar refractivity (Wildman–Crippen MR) is 57.8 cm³/mol. The quantitative estimate of drug-likeness (QED) is 0.907. The van der Waals surface area contributed by atoms with Crippen molar-refractivity contribution in [1.82, 2.24) is 0 Å². The van der Waals surface area contributed by atoms with Crippen molar-refractivity contribution >= 4 is 40.1 Å². The lowest BCUT2D eigenvalue weighted by molar-refractivity contribution is -0.168. The third kappa shape index (κ3) is 1.85. The Kier molecular flexibility index (Phi) is 2.75. The first-order valence-corrected chi connectivity index (χ1v) is 5.09. The molecule has 0 aliphatic rings. The lowest BCUT2D eigenvalue weighted by atomic mass is 10.2. The van der Waals surface area contributed by atoms with Crippen LogP contribution < -0.4 is 0 Å². The maximum atomic E-state index is 13.2. The van der Waals surface area contributed by atoms with Crippen molar-refractivity contribution in [2.45, 2.75) is 5.92 Å². The van der Waals surface area contributed by atoms with E-state index in [1.807, 2.05) is 0 Å². The van der Waals surface area contributed by atoms with Crippen LogP contribution in [0, 0.1) is 0 Å². The Morgan fingerprint density at radius 2 is 2.00 bits per heavy atom. The summed E-state index contributed by atoms with van der Waals surface area (Å²) in [5.41, 5.74) is 0.0512. The fraction of sp³-hybridized carbons (Fsp3) is 0.100. The molecule has 0 aliphatic carbocycles. The molecule has 0 saturated carbocycles. The first-order chi connectivity index (χ1) is 7.84. The van der Waals surface area contributed by atoms with Crippen LogP contribution in [0.15, 0.2) is 22.6 Å². The van der Waals surface area contributed by atoms with E-state index in [1.54, 1.807) is 0 Å². The number of benzene rings is 1. The summed E-state index contributed by atoms with van der Waals surface area (Å²) in [4.78, 5) is 10.4. The summed E-state index contributed by atoms with van der Waals surface area (Å²) in [7, 11) is 0. The van der Waals surface area contributed by atoms with Gasteiger partial charge in [-0.3, -0.25) is 0 Å². The van der Waals surface area contributed by atoms with Gasteiger partial charge in [0, 0.05) is 5.39 Å². The SMILES string of the molecule is O=C(O)C(F)(F)c1cc2c(Cl)c(Cl)ccc2o1. The van der Waals surface area contributed by atoms with Crippen LogP contribution in [0.2, 0.25) is 10.0 Å². The van der Waals surface area contributed by atoms with E-state index < -0.39 is 17.7 Å². The molecule has 0 unspecified atom stereocenters. The van der Waals surface area contributed by atoms with E-state index in [-0.39, 0.29) is 21.0 Å². The third-order valence-corrected chi connectivity index (χ3v) is 2.98. The zero-order valence-electron chi connectivity index (χ0n) is 8.01. The molecule has 0 bridgehead atoms. The predicted octanol–water partition coefficient (Wildman–Crippen LogP) is 3.92. The average Bonchev–Trinajstić information content (AvgIpc) is 2.68. The van der Waals surface area contributed by atoms with Gasteiger partial charge in [-0.2, -0.15) is 8.78 Å². The largest absolute Gasteiger partial charge is 0.476 e. The second-order valence-corrected chi connectivity index (χ2v) is 4.05. The van der Waals surface area contributed by atoms with Crippen molar-refractivity contribution in [2.24, 2.45) is 0 Å². The minimum atomic E-state index is -4.10. The Balaban J connectivity index is 2.68. The normalized spacial score (nSPS) is 12.0. The van der Waals surface area contributed by atoms with Crippen molar-refractivity contribution in [1.29, 1.82) is 0 Å². The van der Waals surface area contributed by atoms with Crippen LogP contribution in [0.1, 0.15) is 5.76 Å². The second kappa shape index (κ2) is 3.85. The van der Waals surface area contributed by atoms with Gasteiger partial charge in [-0.1, -0.05) is 23.2 Å². The number of aliphatic carboxylic acids is 1. The number of hydrogen-bond donors (Lipinski definition) is 1. The van der Waals surface area contributed by atoms with Crippen molar-refractivity contribution in [3.63, 3.8) is 0 Å². The number of carboxylic acids is 1. The highest BCUT2D eigenvalue weighted by Gasteiger charge is 2.44. The van der Waals surface area contributed by atoms with E-state index >= 15 is 0 Å². The fourth-order valence-corrected chi connectivity index (χ4v) is 1.69. The van der Waals surface area contributed by atoms with Gasteiger partial charge in [0.05, 0.1) is 10.0 Å². The molecule has 0 spiro atoms. The molecule has 90 valence electrons. The summed E-state index contributed by atoms with van der Waals surface area (Å²) in [5.74, 6) is -7.38. The Morgan fingerprint density at radius 3 is 2.59 bits per heavy atom. The fourth-order valence-electron chi connectivity index (χ4n) is 1.31. The molecule has 0 radical (unpaired) electrons. The molecular formula is C10H4Cl2F2O3. The first kappa shape index (κ1) is 12.1. The molecule has 17 heavy (non-hydrogen) atoms. The van der Waals surface area contributed by atoms with Gasteiger partial charge in [-0.25, -0.2) is 4.79 Å². The van der Waals surface area contributed by atoms with Crippen LogP contribution in [0.5, 0.6) is 0 Å². The van der Waals surface area contributed by atoms with Crippen LogP contribution >= 0.6 is 23.2 Å². The number of hydrogen-bond acceptors (Lipinski definition) is 2. The minimum Gasteiger partial charge on any atom is -0.476 e. The highest BCUT2D eigenvalue weighted by molar-refractivity contribution is 6.45. The summed E-state index contributed by atoms with van der Waals surface area (Å²) in [5, 5.41) is 8.74. The molecule has 0 saturated heterocycles. The lowest BCUT2D eigenvalue weighted by Gasteiger charge is -2.05. The molecular weight excluding hydrogens is 277 g/mol. The molecule has 1 N–H and O–H groups in total. The average molecular weight is 281 g/mol. The second-order valence-electron chi connectivity index (χ2n) is 3.26. The molecule has 1 aromatic carbocycles. The van der Waals surface area contributed by atoms with E-state index in [4.69, 9.17) is 32.7 Å². The van der Waals surface area contributed by atoms with Crippen LogP contribution in [0.3, 0.4) is 0 Å². The molecule has 7 heteroatoms. The van der Waals surface area contributed by atoms with Crippen molar-refractivity contribution in [3.05, 3.63) is 34.0 Å². The van der Waals surface area contributed by atoms with Gasteiger partial charge in [0.1, 0.15) is 5.58 Å². The highest BCUT2D eigenvalue weighted by Crippen LogP contribution is 2.37. The molecule has 0 atom stereocenters. The van der Waals surface area contributed by atoms with Crippen molar-refractivity contribution in [2.75, 3.05) is 0 Å². The number of alkyl halides is 2. The van der Waals surface area contributed by atoms with Gasteiger partial charge in [-0.15, -0.1) is 0 Å². The molecule has 1 aromatic heterocycles. The summed E-state index contributed by atoms with van der Waals surface area (Å²) >= 11 is 11.5. The Labute approximate surface area is 104 Å². The number of fused-ring (bicyclic) bond motifs is 1. The van der Waals surface area contributed by atoms with Crippen LogP contribution in [0.25, 0.3) is 11.0 Å². The van der Waals surface area contributed by atoms with Crippen molar-refractivity contribution in [3.8, 4) is 0 Å². The molecule has 0 aliphatic heterocycles. The van der Waals surface area contributed by atoms with Gasteiger partial charge in [0.2, 0.25) is 0 Å². The molecule has 0 amide bonds. The summed E-state index contributed by atoms with van der Waals surface area (Å²) in [6, 6.07) is 3.58. The number of rotatable bonds is 2. The molecule has 2 aromatic rings. The molecule has 2 rings (SSSR count). The highest BCUT2D eigenvalue weighted by atomic mass is 35.5. The molecule has 3 nitrogen and oxygen atoms in total. The van der Waals surface area contributed by atoms with E-state index in [9.17, 15) is 13.6 Å². The van der Waals surface area contributed by atoms with Gasteiger partial charge in [-0.05, 0) is 18.2 Å². The monoisotopic (exact) mass is 280 g/mol.